The first kappa shape index (κ1) is 14.8. The SMILES string of the molecule is CC(C)(CN)CNc1ccc(C(F)(F)F)cc1F. The van der Waals surface area contributed by atoms with Crippen molar-refractivity contribution in [3.05, 3.63) is 29.6 Å². The third-order valence-electron chi connectivity index (χ3n) is 2.61. The predicted molar refractivity (Wildman–Crippen MR) is 62.7 cm³/mol. The average molecular weight is 264 g/mol. The lowest BCUT2D eigenvalue weighted by molar-refractivity contribution is -0.137. The van der Waals surface area contributed by atoms with Gasteiger partial charge in [0, 0.05) is 6.54 Å². The Kier molecular flexibility index (Phi) is 4.21. The van der Waals surface area contributed by atoms with Gasteiger partial charge in [-0.15, -0.1) is 0 Å². The third-order valence-corrected chi connectivity index (χ3v) is 2.61. The summed E-state index contributed by atoms with van der Waals surface area (Å²) in [6, 6.07) is 2.42. The van der Waals surface area contributed by atoms with Crippen LogP contribution in [0.5, 0.6) is 0 Å². The molecule has 0 spiro atoms. The Morgan fingerprint density at radius 2 is 1.83 bits per heavy atom. The van der Waals surface area contributed by atoms with Gasteiger partial charge in [-0.25, -0.2) is 4.39 Å². The Hall–Kier alpha value is -1.30. The van der Waals surface area contributed by atoms with Gasteiger partial charge in [-0.1, -0.05) is 13.8 Å². The largest absolute Gasteiger partial charge is 0.416 e. The zero-order chi connectivity index (χ0) is 14.0. The Bertz CT molecular complexity index is 413. The lowest BCUT2D eigenvalue weighted by atomic mass is 9.94. The van der Waals surface area contributed by atoms with Crippen LogP contribution >= 0.6 is 0 Å². The Labute approximate surface area is 103 Å². The number of nitrogens with two attached hydrogens (primary N) is 1. The molecule has 0 aliphatic carbocycles. The van der Waals surface area contributed by atoms with Gasteiger partial charge in [-0.3, -0.25) is 0 Å². The minimum absolute atomic E-state index is 0.0459. The number of hydrogen-bond acceptors (Lipinski definition) is 2. The quantitative estimate of drug-likeness (QED) is 0.819. The van der Waals surface area contributed by atoms with Crippen molar-refractivity contribution in [3.8, 4) is 0 Å². The number of benzene rings is 1. The van der Waals surface area contributed by atoms with Gasteiger partial charge in [0.05, 0.1) is 11.3 Å². The van der Waals surface area contributed by atoms with Crippen LogP contribution in [0, 0.1) is 11.2 Å². The smallest absolute Gasteiger partial charge is 0.382 e. The topological polar surface area (TPSA) is 38.0 Å². The molecule has 0 aliphatic heterocycles. The van der Waals surface area contributed by atoms with Crippen LogP contribution in [-0.4, -0.2) is 13.1 Å². The molecule has 3 N–H and O–H groups in total. The fourth-order valence-electron chi connectivity index (χ4n) is 1.24. The lowest BCUT2D eigenvalue weighted by Crippen LogP contribution is -2.31. The zero-order valence-corrected chi connectivity index (χ0v) is 10.2. The van der Waals surface area contributed by atoms with Crippen LogP contribution in [0.4, 0.5) is 23.2 Å². The van der Waals surface area contributed by atoms with Crippen LogP contribution < -0.4 is 11.1 Å². The van der Waals surface area contributed by atoms with Crippen LogP contribution in [-0.2, 0) is 6.18 Å². The van der Waals surface area contributed by atoms with E-state index in [1.54, 1.807) is 0 Å². The van der Waals surface area contributed by atoms with Gasteiger partial charge >= 0.3 is 6.18 Å². The molecule has 0 saturated carbocycles. The van der Waals surface area contributed by atoms with E-state index < -0.39 is 17.6 Å². The summed E-state index contributed by atoms with van der Waals surface area (Å²) in [5.41, 5.74) is 4.30. The van der Waals surface area contributed by atoms with Gasteiger partial charge in [-0.2, -0.15) is 13.2 Å². The molecule has 18 heavy (non-hydrogen) atoms. The molecule has 0 aliphatic rings. The normalized spacial score (nSPS) is 12.6. The van der Waals surface area contributed by atoms with E-state index in [1.165, 1.54) is 0 Å². The molecule has 0 saturated heterocycles. The predicted octanol–water partition coefficient (Wildman–Crippen LogP) is 3.24. The van der Waals surface area contributed by atoms with E-state index in [9.17, 15) is 17.6 Å². The molecule has 1 rings (SSSR count). The maximum absolute atomic E-state index is 13.5. The van der Waals surface area contributed by atoms with Gasteiger partial charge in [0.25, 0.3) is 0 Å². The average Bonchev–Trinajstić information content (AvgIpc) is 2.26. The fraction of sp³-hybridized carbons (Fsp3) is 0.500. The summed E-state index contributed by atoms with van der Waals surface area (Å²) in [6.45, 7) is 4.53. The molecule has 1 aromatic carbocycles. The molecule has 1 aromatic rings. The van der Waals surface area contributed by atoms with Crippen LogP contribution in [0.1, 0.15) is 19.4 Å². The molecule has 6 heteroatoms. The van der Waals surface area contributed by atoms with Gasteiger partial charge < -0.3 is 11.1 Å². The summed E-state index contributed by atoms with van der Waals surface area (Å²) < 4.78 is 50.4. The number of nitrogens with one attached hydrogen (secondary N) is 1. The highest BCUT2D eigenvalue weighted by Gasteiger charge is 2.31. The van der Waals surface area contributed by atoms with Crippen LogP contribution in [0.3, 0.4) is 0 Å². The van der Waals surface area contributed by atoms with Crippen molar-refractivity contribution >= 4 is 5.69 Å². The van der Waals surface area contributed by atoms with Crippen molar-refractivity contribution in [3.63, 3.8) is 0 Å². The second-order valence-electron chi connectivity index (χ2n) is 4.91. The van der Waals surface area contributed by atoms with Crippen molar-refractivity contribution in [2.45, 2.75) is 20.0 Å². The first-order chi connectivity index (χ1) is 8.15. The summed E-state index contributed by atoms with van der Waals surface area (Å²) in [5, 5.41) is 2.76. The number of rotatable bonds is 4. The van der Waals surface area contributed by atoms with E-state index in [0.29, 0.717) is 19.2 Å². The Morgan fingerprint density at radius 1 is 1.22 bits per heavy atom. The van der Waals surface area contributed by atoms with Gasteiger partial charge in [0.2, 0.25) is 0 Å². The molecule has 0 bridgehead atoms. The maximum atomic E-state index is 13.5. The second kappa shape index (κ2) is 5.14. The maximum Gasteiger partial charge on any atom is 0.416 e. The summed E-state index contributed by atoms with van der Waals surface area (Å²) in [5.74, 6) is -0.919. The molecular formula is C12H16F4N2. The molecule has 0 fully saturated rings. The molecule has 102 valence electrons. The van der Waals surface area contributed by atoms with Crippen LogP contribution in [0.15, 0.2) is 18.2 Å². The van der Waals surface area contributed by atoms with E-state index >= 15 is 0 Å². The van der Waals surface area contributed by atoms with Gasteiger partial charge in [0.15, 0.2) is 0 Å². The van der Waals surface area contributed by atoms with E-state index in [2.05, 4.69) is 5.32 Å². The standard InChI is InChI=1S/C12H16F4N2/c1-11(2,6-17)7-18-10-4-3-8(5-9(10)13)12(14,15)16/h3-5,18H,6-7,17H2,1-2H3. The van der Waals surface area contributed by atoms with Crippen molar-refractivity contribution < 1.29 is 17.6 Å². The summed E-state index contributed by atoms with van der Waals surface area (Å²) >= 11 is 0. The second-order valence-corrected chi connectivity index (χ2v) is 4.91. The number of anilines is 1. The van der Waals surface area contributed by atoms with Crippen molar-refractivity contribution in [1.82, 2.24) is 0 Å². The molecule has 0 unspecified atom stereocenters. The van der Waals surface area contributed by atoms with E-state index in [0.717, 1.165) is 12.1 Å². The molecule has 0 heterocycles. The first-order valence-corrected chi connectivity index (χ1v) is 5.46. The molecular weight excluding hydrogens is 248 g/mol. The van der Waals surface area contributed by atoms with E-state index in [1.807, 2.05) is 13.8 Å². The summed E-state index contributed by atoms with van der Waals surface area (Å²) in [6.07, 6.45) is -4.53. The Balaban J connectivity index is 2.81. The van der Waals surface area contributed by atoms with Crippen LogP contribution in [0.2, 0.25) is 0 Å². The molecule has 0 atom stereocenters. The van der Waals surface area contributed by atoms with E-state index in [-0.39, 0.29) is 11.1 Å². The summed E-state index contributed by atoms with van der Waals surface area (Å²) in [7, 11) is 0. The monoisotopic (exact) mass is 264 g/mol. The molecule has 0 amide bonds. The van der Waals surface area contributed by atoms with Crippen molar-refractivity contribution in [2.24, 2.45) is 11.1 Å². The van der Waals surface area contributed by atoms with Gasteiger partial charge in [-0.05, 0) is 30.2 Å². The lowest BCUT2D eigenvalue weighted by Gasteiger charge is -2.23. The molecule has 0 aromatic heterocycles. The minimum atomic E-state index is -4.53. The third kappa shape index (κ3) is 3.87. The highest BCUT2D eigenvalue weighted by molar-refractivity contribution is 5.47. The molecule has 2 nitrogen and oxygen atoms in total. The Morgan fingerprint density at radius 3 is 2.28 bits per heavy atom. The summed E-state index contributed by atoms with van der Waals surface area (Å²) in [4.78, 5) is 0. The first-order valence-electron chi connectivity index (χ1n) is 5.46. The van der Waals surface area contributed by atoms with Crippen molar-refractivity contribution in [2.75, 3.05) is 18.4 Å². The van der Waals surface area contributed by atoms with Gasteiger partial charge in [0.1, 0.15) is 5.82 Å². The zero-order valence-electron chi connectivity index (χ0n) is 10.2. The highest BCUT2D eigenvalue weighted by Crippen LogP contribution is 2.31. The molecule has 0 radical (unpaired) electrons. The minimum Gasteiger partial charge on any atom is -0.382 e. The van der Waals surface area contributed by atoms with E-state index in [4.69, 9.17) is 5.73 Å². The highest BCUT2D eigenvalue weighted by atomic mass is 19.4. The number of alkyl halides is 3. The fourth-order valence-corrected chi connectivity index (χ4v) is 1.24. The van der Waals surface area contributed by atoms with Crippen molar-refractivity contribution in [1.29, 1.82) is 0 Å². The number of halogens is 4. The number of hydrogen-bond donors (Lipinski definition) is 2. The van der Waals surface area contributed by atoms with Crippen LogP contribution in [0.25, 0.3) is 0 Å².